The largest absolute Gasteiger partial charge is 0.370 e. The molecule has 0 bridgehead atoms. The second kappa shape index (κ2) is 8.33. The van der Waals surface area contributed by atoms with Crippen molar-refractivity contribution in [2.45, 2.75) is 54.0 Å². The number of nitrogens with one attached hydrogen (secondary N) is 1. The highest BCUT2D eigenvalue weighted by Crippen LogP contribution is 2.16. The van der Waals surface area contributed by atoms with Crippen molar-refractivity contribution >= 4 is 5.82 Å². The zero-order chi connectivity index (χ0) is 11.7. The summed E-state index contributed by atoms with van der Waals surface area (Å²) in [7, 11) is 0. The molecule has 1 aliphatic rings. The van der Waals surface area contributed by atoms with Gasteiger partial charge in [0.15, 0.2) is 0 Å². The summed E-state index contributed by atoms with van der Waals surface area (Å²) in [5.74, 6) is 1.20. The third-order valence-corrected chi connectivity index (χ3v) is 1.86. The Balaban J connectivity index is 0.000000342. The second-order valence-electron chi connectivity index (χ2n) is 3.39. The second-order valence-corrected chi connectivity index (χ2v) is 3.39. The molecule has 1 aromatic rings. The molecule has 0 amide bonds. The normalized spacial score (nSPS) is 12.3. The molecule has 3 heteroatoms. The van der Waals surface area contributed by atoms with Crippen LogP contribution < -0.4 is 5.32 Å². The zero-order valence-corrected chi connectivity index (χ0v) is 10.8. The van der Waals surface area contributed by atoms with Crippen LogP contribution in [-0.2, 0) is 6.54 Å². The molecule has 1 aliphatic heterocycles. The predicted molar refractivity (Wildman–Crippen MR) is 67.4 cm³/mol. The van der Waals surface area contributed by atoms with E-state index in [2.05, 4.69) is 31.2 Å². The van der Waals surface area contributed by atoms with Crippen molar-refractivity contribution in [1.82, 2.24) is 9.78 Å². The summed E-state index contributed by atoms with van der Waals surface area (Å²) in [5, 5.41) is 7.52. The summed E-state index contributed by atoms with van der Waals surface area (Å²) in [6.45, 7) is 12.5. The van der Waals surface area contributed by atoms with Gasteiger partial charge in [0.25, 0.3) is 0 Å². The molecule has 88 valence electrons. The number of hydrogen-bond acceptors (Lipinski definition) is 2. The van der Waals surface area contributed by atoms with E-state index in [-0.39, 0.29) is 0 Å². The number of fused-ring (bicyclic) bond motifs is 1. The quantitative estimate of drug-likeness (QED) is 0.712. The maximum Gasteiger partial charge on any atom is 0.127 e. The third-order valence-electron chi connectivity index (χ3n) is 1.86. The third kappa shape index (κ3) is 4.36. The Morgan fingerprint density at radius 1 is 1.40 bits per heavy atom. The van der Waals surface area contributed by atoms with Crippen LogP contribution in [0.4, 0.5) is 5.82 Å². The highest BCUT2D eigenvalue weighted by atomic mass is 15.3. The Bertz CT molecular complexity index is 253. The first kappa shape index (κ1) is 14.0. The van der Waals surface area contributed by atoms with Gasteiger partial charge in [-0.3, -0.25) is 0 Å². The number of rotatable bonds is 0. The minimum absolute atomic E-state index is 1.07. The van der Waals surface area contributed by atoms with Crippen LogP contribution in [0, 0.1) is 6.92 Å². The molecule has 0 saturated heterocycles. The van der Waals surface area contributed by atoms with Gasteiger partial charge < -0.3 is 5.32 Å². The van der Waals surface area contributed by atoms with E-state index < -0.39 is 0 Å². The fourth-order valence-electron chi connectivity index (χ4n) is 1.31. The molecular formula is C12H25N3. The lowest BCUT2D eigenvalue weighted by Crippen LogP contribution is -2.17. The average Bonchev–Trinajstić information content (AvgIpc) is 2.65. The van der Waals surface area contributed by atoms with Crippen LogP contribution in [0.1, 0.15) is 46.1 Å². The van der Waals surface area contributed by atoms with Gasteiger partial charge in [0.1, 0.15) is 5.82 Å². The Labute approximate surface area is 93.9 Å². The molecule has 3 nitrogen and oxygen atoms in total. The van der Waals surface area contributed by atoms with Gasteiger partial charge in [0.05, 0.1) is 6.20 Å². The molecule has 0 aliphatic carbocycles. The van der Waals surface area contributed by atoms with Gasteiger partial charge in [-0.1, -0.05) is 34.1 Å². The van der Waals surface area contributed by atoms with Crippen molar-refractivity contribution in [3.8, 4) is 0 Å². The molecular weight excluding hydrogens is 186 g/mol. The van der Waals surface area contributed by atoms with E-state index in [4.69, 9.17) is 0 Å². The SMILES string of the molecule is CC.CCC.Cc1cnn2c1NCCC2. The van der Waals surface area contributed by atoms with Crippen LogP contribution in [0.25, 0.3) is 0 Å². The molecule has 1 aromatic heterocycles. The summed E-state index contributed by atoms with van der Waals surface area (Å²) in [6, 6.07) is 0. The van der Waals surface area contributed by atoms with E-state index in [0.29, 0.717) is 0 Å². The number of aryl methyl sites for hydroxylation is 2. The van der Waals surface area contributed by atoms with Crippen molar-refractivity contribution in [3.05, 3.63) is 11.8 Å². The van der Waals surface area contributed by atoms with E-state index in [1.54, 1.807) is 0 Å². The lowest BCUT2D eigenvalue weighted by atomic mass is 10.3. The van der Waals surface area contributed by atoms with Crippen LogP contribution in [0.3, 0.4) is 0 Å². The Hall–Kier alpha value is -0.990. The summed E-state index contributed by atoms with van der Waals surface area (Å²) < 4.78 is 2.03. The highest BCUT2D eigenvalue weighted by molar-refractivity contribution is 5.43. The fraction of sp³-hybridized carbons (Fsp3) is 0.750. The van der Waals surface area contributed by atoms with Gasteiger partial charge in [-0.05, 0) is 13.3 Å². The standard InChI is InChI=1S/C7H11N3.C3H8.C2H6/c1-6-5-9-10-4-2-3-8-7(6)10;1-3-2;1-2/h5,8H,2-4H2,1H3;3H2,1-2H3;1-2H3. The van der Waals surface area contributed by atoms with Crippen molar-refractivity contribution in [2.24, 2.45) is 0 Å². The summed E-state index contributed by atoms with van der Waals surface area (Å²) in [5.41, 5.74) is 1.25. The minimum atomic E-state index is 1.07. The van der Waals surface area contributed by atoms with Crippen molar-refractivity contribution in [3.63, 3.8) is 0 Å². The molecule has 0 fully saturated rings. The molecule has 0 atom stereocenters. The minimum Gasteiger partial charge on any atom is -0.370 e. The van der Waals surface area contributed by atoms with Crippen LogP contribution in [-0.4, -0.2) is 16.3 Å². The first-order valence-electron chi connectivity index (χ1n) is 6.05. The molecule has 0 radical (unpaired) electrons. The molecule has 2 heterocycles. The van der Waals surface area contributed by atoms with Gasteiger partial charge in [0, 0.05) is 18.7 Å². The molecule has 0 saturated carbocycles. The molecule has 15 heavy (non-hydrogen) atoms. The fourth-order valence-corrected chi connectivity index (χ4v) is 1.31. The molecule has 1 N–H and O–H groups in total. The number of anilines is 1. The zero-order valence-electron chi connectivity index (χ0n) is 10.8. The van der Waals surface area contributed by atoms with Crippen molar-refractivity contribution < 1.29 is 0 Å². The van der Waals surface area contributed by atoms with Crippen molar-refractivity contribution in [2.75, 3.05) is 11.9 Å². The van der Waals surface area contributed by atoms with Crippen LogP contribution in [0.2, 0.25) is 0 Å². The summed E-state index contributed by atoms with van der Waals surface area (Å²) in [6.07, 6.45) is 4.35. The molecule has 0 spiro atoms. The van der Waals surface area contributed by atoms with E-state index in [1.807, 2.05) is 24.7 Å². The Morgan fingerprint density at radius 3 is 2.53 bits per heavy atom. The predicted octanol–water partition coefficient (Wildman–Crippen LogP) is 3.45. The molecule has 2 rings (SSSR count). The van der Waals surface area contributed by atoms with Crippen LogP contribution >= 0.6 is 0 Å². The van der Waals surface area contributed by atoms with Gasteiger partial charge in [-0.2, -0.15) is 5.10 Å². The average molecular weight is 211 g/mol. The van der Waals surface area contributed by atoms with Gasteiger partial charge in [-0.25, -0.2) is 4.68 Å². The first-order valence-corrected chi connectivity index (χ1v) is 6.05. The topological polar surface area (TPSA) is 29.9 Å². The maximum absolute atomic E-state index is 4.21. The highest BCUT2D eigenvalue weighted by Gasteiger charge is 2.09. The van der Waals surface area contributed by atoms with E-state index in [1.165, 1.54) is 24.2 Å². The Kier molecular flexibility index (Phi) is 7.78. The first-order chi connectivity index (χ1) is 7.29. The number of hydrogen-bond donors (Lipinski definition) is 1. The summed E-state index contributed by atoms with van der Waals surface area (Å²) >= 11 is 0. The lowest BCUT2D eigenvalue weighted by Gasteiger charge is -2.15. The van der Waals surface area contributed by atoms with Crippen LogP contribution in [0.15, 0.2) is 6.20 Å². The smallest absolute Gasteiger partial charge is 0.127 e. The van der Waals surface area contributed by atoms with Gasteiger partial charge in [0.2, 0.25) is 0 Å². The monoisotopic (exact) mass is 211 g/mol. The maximum atomic E-state index is 4.21. The number of aromatic nitrogens is 2. The lowest BCUT2D eigenvalue weighted by molar-refractivity contribution is 0.567. The van der Waals surface area contributed by atoms with Gasteiger partial charge in [-0.15, -0.1) is 0 Å². The van der Waals surface area contributed by atoms with Crippen LogP contribution in [0.5, 0.6) is 0 Å². The van der Waals surface area contributed by atoms with E-state index in [0.717, 1.165) is 13.1 Å². The Morgan fingerprint density at radius 2 is 2.00 bits per heavy atom. The number of nitrogens with zero attached hydrogens (tertiary/aromatic N) is 2. The molecule has 0 aromatic carbocycles. The van der Waals surface area contributed by atoms with E-state index >= 15 is 0 Å². The van der Waals surface area contributed by atoms with Gasteiger partial charge >= 0.3 is 0 Å². The summed E-state index contributed by atoms with van der Waals surface area (Å²) in [4.78, 5) is 0. The van der Waals surface area contributed by atoms with Crippen molar-refractivity contribution in [1.29, 1.82) is 0 Å². The van der Waals surface area contributed by atoms with E-state index in [9.17, 15) is 0 Å². The molecule has 0 unspecified atom stereocenters.